The van der Waals surface area contributed by atoms with Crippen molar-refractivity contribution in [2.24, 2.45) is 0 Å². The Morgan fingerprint density at radius 1 is 1.38 bits per heavy atom. The minimum atomic E-state index is 0.219. The molecule has 0 heterocycles. The summed E-state index contributed by atoms with van der Waals surface area (Å²) < 4.78 is 0. The van der Waals surface area contributed by atoms with E-state index in [1.807, 2.05) is 24.3 Å². The zero-order valence-corrected chi connectivity index (χ0v) is 8.33. The van der Waals surface area contributed by atoms with Crippen molar-refractivity contribution in [3.63, 3.8) is 0 Å². The molecule has 1 aromatic carbocycles. The van der Waals surface area contributed by atoms with Crippen LogP contribution in [0.1, 0.15) is 6.42 Å². The summed E-state index contributed by atoms with van der Waals surface area (Å²) in [7, 11) is 0. The third kappa shape index (κ3) is 3.66. The van der Waals surface area contributed by atoms with Crippen molar-refractivity contribution < 1.29 is 5.11 Å². The molecule has 13 heavy (non-hydrogen) atoms. The second kappa shape index (κ2) is 5.84. The second-order valence-electron chi connectivity index (χ2n) is 2.72. The van der Waals surface area contributed by atoms with Gasteiger partial charge in [-0.25, -0.2) is 0 Å². The molecule has 0 bridgehead atoms. The predicted octanol–water partition coefficient (Wildman–Crippen LogP) is 2.72. The van der Waals surface area contributed by atoms with Crippen molar-refractivity contribution in [1.29, 1.82) is 0 Å². The van der Waals surface area contributed by atoms with Gasteiger partial charge in [-0.1, -0.05) is 24.3 Å². The van der Waals surface area contributed by atoms with Gasteiger partial charge in [0.15, 0.2) is 0 Å². The summed E-state index contributed by atoms with van der Waals surface area (Å²) in [5.41, 5.74) is 0. The monoisotopic (exact) mass is 194 g/mol. The Morgan fingerprint density at radius 3 is 2.62 bits per heavy atom. The predicted molar refractivity (Wildman–Crippen MR) is 58.0 cm³/mol. The molecule has 0 aliphatic heterocycles. The zero-order chi connectivity index (χ0) is 9.52. The fourth-order valence-corrected chi connectivity index (χ4v) is 2.01. The van der Waals surface area contributed by atoms with Gasteiger partial charge in [-0.05, 0) is 18.6 Å². The van der Waals surface area contributed by atoms with Crippen molar-refractivity contribution in [3.05, 3.63) is 43.0 Å². The summed E-state index contributed by atoms with van der Waals surface area (Å²) in [4.78, 5) is 1.22. The summed E-state index contributed by atoms with van der Waals surface area (Å²) in [6.45, 7) is 3.96. The van der Waals surface area contributed by atoms with Crippen LogP contribution in [-0.4, -0.2) is 17.0 Å². The van der Waals surface area contributed by atoms with E-state index in [-0.39, 0.29) is 6.61 Å². The maximum atomic E-state index is 8.78. The summed E-state index contributed by atoms with van der Waals surface area (Å²) >= 11 is 1.74. The van der Waals surface area contributed by atoms with Gasteiger partial charge in [-0.3, -0.25) is 0 Å². The van der Waals surface area contributed by atoms with Crippen molar-refractivity contribution in [2.75, 3.05) is 6.61 Å². The Morgan fingerprint density at radius 2 is 2.08 bits per heavy atom. The lowest BCUT2D eigenvalue weighted by atomic mass is 10.3. The van der Waals surface area contributed by atoms with Crippen LogP contribution in [0.15, 0.2) is 47.9 Å². The largest absolute Gasteiger partial charge is 0.396 e. The molecular formula is C11H14OS. The Balaban J connectivity index is 2.51. The fourth-order valence-electron chi connectivity index (χ4n) is 1.03. The lowest BCUT2D eigenvalue weighted by molar-refractivity contribution is 0.291. The molecule has 70 valence electrons. The molecule has 1 N–H and O–H groups in total. The highest BCUT2D eigenvalue weighted by Crippen LogP contribution is 2.25. The maximum Gasteiger partial charge on any atom is 0.0444 e. The van der Waals surface area contributed by atoms with Crippen LogP contribution in [0.4, 0.5) is 0 Å². The van der Waals surface area contributed by atoms with Crippen LogP contribution in [0.5, 0.6) is 0 Å². The minimum Gasteiger partial charge on any atom is -0.396 e. The molecule has 0 saturated heterocycles. The van der Waals surface area contributed by atoms with E-state index < -0.39 is 0 Å². The van der Waals surface area contributed by atoms with E-state index in [1.54, 1.807) is 11.8 Å². The van der Waals surface area contributed by atoms with Crippen LogP contribution in [0, 0.1) is 0 Å². The quantitative estimate of drug-likeness (QED) is 0.574. The highest BCUT2D eigenvalue weighted by molar-refractivity contribution is 8.00. The molecule has 0 amide bonds. The number of rotatable bonds is 5. The molecule has 0 radical (unpaired) electrons. The maximum absolute atomic E-state index is 8.78. The molecule has 1 atom stereocenters. The van der Waals surface area contributed by atoms with E-state index in [9.17, 15) is 0 Å². The number of hydrogen-bond donors (Lipinski definition) is 1. The van der Waals surface area contributed by atoms with Crippen molar-refractivity contribution in [2.45, 2.75) is 16.6 Å². The molecular weight excluding hydrogens is 180 g/mol. The Kier molecular flexibility index (Phi) is 4.65. The van der Waals surface area contributed by atoms with Gasteiger partial charge in [0.2, 0.25) is 0 Å². The topological polar surface area (TPSA) is 20.2 Å². The van der Waals surface area contributed by atoms with E-state index in [2.05, 4.69) is 18.7 Å². The molecule has 0 aliphatic carbocycles. The van der Waals surface area contributed by atoms with Gasteiger partial charge >= 0.3 is 0 Å². The smallest absolute Gasteiger partial charge is 0.0444 e. The number of benzene rings is 1. The third-order valence-electron chi connectivity index (χ3n) is 1.71. The molecule has 1 nitrogen and oxygen atoms in total. The second-order valence-corrected chi connectivity index (χ2v) is 4.03. The number of hydrogen-bond acceptors (Lipinski definition) is 2. The molecule has 0 spiro atoms. The first kappa shape index (κ1) is 10.4. The molecule has 0 aromatic heterocycles. The summed E-state index contributed by atoms with van der Waals surface area (Å²) in [6, 6.07) is 10.2. The van der Waals surface area contributed by atoms with Gasteiger partial charge in [0, 0.05) is 16.8 Å². The van der Waals surface area contributed by atoms with Crippen LogP contribution in [-0.2, 0) is 0 Å². The van der Waals surface area contributed by atoms with Gasteiger partial charge in [-0.15, -0.1) is 18.3 Å². The Hall–Kier alpha value is -0.730. The average molecular weight is 194 g/mol. The minimum absolute atomic E-state index is 0.219. The van der Waals surface area contributed by atoms with E-state index in [0.29, 0.717) is 5.25 Å². The zero-order valence-electron chi connectivity index (χ0n) is 7.52. The average Bonchev–Trinajstić information content (AvgIpc) is 2.19. The Bertz CT molecular complexity index is 246. The van der Waals surface area contributed by atoms with Crippen LogP contribution in [0.25, 0.3) is 0 Å². The van der Waals surface area contributed by atoms with E-state index in [4.69, 9.17) is 5.11 Å². The first-order valence-electron chi connectivity index (χ1n) is 4.32. The Labute approximate surface area is 83.5 Å². The highest BCUT2D eigenvalue weighted by Gasteiger charge is 2.04. The van der Waals surface area contributed by atoms with Crippen LogP contribution in [0.2, 0.25) is 0 Å². The molecule has 0 fully saturated rings. The molecule has 1 aromatic rings. The normalized spacial score (nSPS) is 12.4. The molecule has 1 rings (SSSR count). The number of aliphatic hydroxyl groups excluding tert-OH is 1. The summed E-state index contributed by atoms with van der Waals surface area (Å²) in [5, 5.41) is 9.10. The molecule has 0 saturated carbocycles. The highest BCUT2D eigenvalue weighted by atomic mass is 32.2. The SMILES string of the molecule is C=C[C@@H](CCO)Sc1ccccc1. The third-order valence-corrected chi connectivity index (χ3v) is 2.98. The summed E-state index contributed by atoms with van der Waals surface area (Å²) in [6.07, 6.45) is 2.65. The van der Waals surface area contributed by atoms with Gasteiger partial charge in [0.05, 0.1) is 0 Å². The fraction of sp³-hybridized carbons (Fsp3) is 0.273. The lowest BCUT2D eigenvalue weighted by Gasteiger charge is -2.09. The molecule has 0 unspecified atom stereocenters. The van der Waals surface area contributed by atoms with Gasteiger partial charge in [-0.2, -0.15) is 0 Å². The van der Waals surface area contributed by atoms with Crippen LogP contribution in [0.3, 0.4) is 0 Å². The van der Waals surface area contributed by atoms with E-state index in [0.717, 1.165) is 6.42 Å². The van der Waals surface area contributed by atoms with Gasteiger partial charge in [0.1, 0.15) is 0 Å². The first-order valence-corrected chi connectivity index (χ1v) is 5.20. The number of thioether (sulfide) groups is 1. The van der Waals surface area contributed by atoms with Crippen molar-refractivity contribution >= 4 is 11.8 Å². The van der Waals surface area contributed by atoms with Crippen LogP contribution < -0.4 is 0 Å². The molecule has 0 aliphatic rings. The summed E-state index contributed by atoms with van der Waals surface area (Å²) in [5.74, 6) is 0. The lowest BCUT2D eigenvalue weighted by Crippen LogP contribution is -2.00. The van der Waals surface area contributed by atoms with Crippen molar-refractivity contribution in [1.82, 2.24) is 0 Å². The van der Waals surface area contributed by atoms with E-state index in [1.165, 1.54) is 4.90 Å². The molecule has 2 heteroatoms. The van der Waals surface area contributed by atoms with Gasteiger partial charge in [0.25, 0.3) is 0 Å². The van der Waals surface area contributed by atoms with E-state index >= 15 is 0 Å². The first-order chi connectivity index (χ1) is 6.36. The van der Waals surface area contributed by atoms with Gasteiger partial charge < -0.3 is 5.11 Å². The standard InChI is InChI=1S/C11H14OS/c1-2-10(8-9-12)13-11-6-4-3-5-7-11/h2-7,10,12H,1,8-9H2/t10-/m0/s1. The van der Waals surface area contributed by atoms with Crippen LogP contribution >= 0.6 is 11.8 Å². The van der Waals surface area contributed by atoms with Crippen molar-refractivity contribution in [3.8, 4) is 0 Å². The number of aliphatic hydroxyl groups is 1.